The molecule has 2 heterocycles. The molecular weight excluding hydrogens is 308 g/mol. The highest BCUT2D eigenvalue weighted by molar-refractivity contribution is 8.01. The van der Waals surface area contributed by atoms with Crippen LogP contribution in [0.5, 0.6) is 0 Å². The summed E-state index contributed by atoms with van der Waals surface area (Å²) in [6.45, 7) is 1.93. The van der Waals surface area contributed by atoms with Crippen molar-refractivity contribution in [3.05, 3.63) is 41.8 Å². The van der Waals surface area contributed by atoms with Crippen LogP contribution in [0.3, 0.4) is 0 Å². The molecule has 0 atom stereocenters. The molecule has 5 nitrogen and oxygen atoms in total. The van der Waals surface area contributed by atoms with Crippen molar-refractivity contribution in [2.45, 2.75) is 17.9 Å². The molecule has 108 valence electrons. The minimum Gasteiger partial charge on any atom is -0.458 e. The molecule has 0 unspecified atom stereocenters. The number of rotatable bonds is 5. The number of carbonyl (C=O) groups is 1. The van der Waals surface area contributed by atoms with Crippen LogP contribution in [-0.4, -0.2) is 21.9 Å². The highest BCUT2D eigenvalue weighted by Gasteiger charge is 2.10. The number of para-hydroxylation sites is 1. The van der Waals surface area contributed by atoms with E-state index in [1.54, 1.807) is 24.3 Å². The maximum atomic E-state index is 11.7. The van der Waals surface area contributed by atoms with Crippen molar-refractivity contribution in [3.8, 4) is 0 Å². The van der Waals surface area contributed by atoms with E-state index in [0.29, 0.717) is 11.5 Å². The molecule has 0 saturated carbocycles. The Balaban J connectivity index is 1.51. The van der Waals surface area contributed by atoms with Crippen LogP contribution in [0.2, 0.25) is 0 Å². The van der Waals surface area contributed by atoms with Crippen LogP contribution in [0, 0.1) is 6.92 Å². The number of carbonyl (C=O) groups excluding carboxylic acids is 1. The zero-order valence-corrected chi connectivity index (χ0v) is 12.9. The van der Waals surface area contributed by atoms with E-state index in [0.717, 1.165) is 14.6 Å². The number of benzene rings is 1. The summed E-state index contributed by atoms with van der Waals surface area (Å²) in [5.74, 6) is 0.640. The van der Waals surface area contributed by atoms with Gasteiger partial charge in [0, 0.05) is 6.07 Å². The average molecular weight is 320 g/mol. The van der Waals surface area contributed by atoms with Gasteiger partial charge in [-0.2, -0.15) is 0 Å². The van der Waals surface area contributed by atoms with Gasteiger partial charge in [0.25, 0.3) is 0 Å². The number of nitrogens with zero attached hydrogens (tertiary/aromatic N) is 2. The van der Waals surface area contributed by atoms with Gasteiger partial charge in [-0.15, -0.1) is 11.3 Å². The van der Waals surface area contributed by atoms with Gasteiger partial charge in [0.05, 0.1) is 16.0 Å². The molecule has 0 radical (unpaired) electrons. The maximum absolute atomic E-state index is 11.7. The van der Waals surface area contributed by atoms with E-state index >= 15 is 0 Å². The van der Waals surface area contributed by atoms with Crippen molar-refractivity contribution in [3.63, 3.8) is 0 Å². The van der Waals surface area contributed by atoms with Gasteiger partial charge in [-0.05, 0) is 19.1 Å². The summed E-state index contributed by atoms with van der Waals surface area (Å²) in [4.78, 5) is 16.1. The first kappa shape index (κ1) is 14.1. The van der Waals surface area contributed by atoms with Gasteiger partial charge < -0.3 is 9.26 Å². The quantitative estimate of drug-likeness (QED) is 0.530. The van der Waals surface area contributed by atoms with Gasteiger partial charge in [-0.1, -0.05) is 29.1 Å². The van der Waals surface area contributed by atoms with Crippen LogP contribution in [0.15, 0.2) is 39.2 Å². The summed E-state index contributed by atoms with van der Waals surface area (Å²) in [6.07, 6.45) is 0. The number of esters is 1. The van der Waals surface area contributed by atoms with Gasteiger partial charge >= 0.3 is 5.97 Å². The largest absolute Gasteiger partial charge is 0.458 e. The molecule has 2 aromatic heterocycles. The Bertz CT molecular complexity index is 733. The number of fused-ring (bicyclic) bond motifs is 1. The second kappa shape index (κ2) is 6.28. The molecule has 7 heteroatoms. The van der Waals surface area contributed by atoms with Crippen molar-refractivity contribution in [2.75, 3.05) is 5.75 Å². The van der Waals surface area contributed by atoms with E-state index in [4.69, 9.17) is 9.26 Å². The Hall–Kier alpha value is -1.86. The fourth-order valence-electron chi connectivity index (χ4n) is 1.72. The molecule has 0 spiro atoms. The Kier molecular flexibility index (Phi) is 4.21. The number of aromatic nitrogens is 2. The highest BCUT2D eigenvalue weighted by Crippen LogP contribution is 2.29. The first-order valence-corrected chi connectivity index (χ1v) is 8.07. The van der Waals surface area contributed by atoms with Crippen LogP contribution >= 0.6 is 23.1 Å². The van der Waals surface area contributed by atoms with Crippen LogP contribution in [0.4, 0.5) is 0 Å². The van der Waals surface area contributed by atoms with Gasteiger partial charge in [-0.25, -0.2) is 4.98 Å². The Morgan fingerprint density at radius 1 is 1.43 bits per heavy atom. The minimum atomic E-state index is -0.292. The summed E-state index contributed by atoms with van der Waals surface area (Å²) >= 11 is 2.96. The maximum Gasteiger partial charge on any atom is 0.316 e. The molecule has 21 heavy (non-hydrogen) atoms. The van der Waals surface area contributed by atoms with Crippen LogP contribution in [0.1, 0.15) is 11.5 Å². The molecule has 0 fully saturated rings. The molecule has 0 N–H and O–H groups in total. The summed E-state index contributed by atoms with van der Waals surface area (Å²) in [5, 5.41) is 3.77. The van der Waals surface area contributed by atoms with Crippen molar-refractivity contribution >= 4 is 39.3 Å². The molecular formula is C14H12N2O3S2. The molecule has 0 aliphatic heterocycles. The Morgan fingerprint density at radius 2 is 2.29 bits per heavy atom. The standard InChI is InChI=1S/C14H12N2O3S2/c1-9-6-10(16-19-9)7-18-13(17)8-20-14-15-11-4-2-3-5-12(11)21-14/h2-6H,7-8H2,1H3. The first-order valence-electron chi connectivity index (χ1n) is 6.27. The third-order valence-corrected chi connectivity index (χ3v) is 4.80. The number of thioether (sulfide) groups is 1. The number of thiazole rings is 1. The Labute approximate surface area is 129 Å². The van der Waals surface area contributed by atoms with Gasteiger partial charge in [0.15, 0.2) is 4.34 Å². The lowest BCUT2D eigenvalue weighted by atomic mass is 10.3. The lowest BCUT2D eigenvalue weighted by molar-refractivity contribution is -0.141. The van der Waals surface area contributed by atoms with E-state index in [1.807, 2.05) is 24.3 Å². The SMILES string of the molecule is Cc1cc(COC(=O)CSc2nc3ccccc3s2)no1. The number of hydrogen-bond acceptors (Lipinski definition) is 7. The van der Waals surface area contributed by atoms with Crippen LogP contribution in [0.25, 0.3) is 10.2 Å². The second-order valence-corrected chi connectivity index (χ2v) is 6.58. The molecule has 1 aromatic carbocycles. The predicted molar refractivity (Wildman–Crippen MR) is 81.4 cm³/mol. The zero-order valence-electron chi connectivity index (χ0n) is 11.2. The predicted octanol–water partition coefficient (Wildman–Crippen LogP) is 3.43. The zero-order chi connectivity index (χ0) is 14.7. The number of hydrogen-bond donors (Lipinski definition) is 0. The molecule has 0 saturated heterocycles. The Morgan fingerprint density at radius 3 is 3.05 bits per heavy atom. The molecule has 3 rings (SSSR count). The monoisotopic (exact) mass is 320 g/mol. The molecule has 0 bridgehead atoms. The van der Waals surface area contributed by atoms with E-state index in [9.17, 15) is 4.79 Å². The molecule has 3 aromatic rings. The third-order valence-electron chi connectivity index (χ3n) is 2.65. The fourth-order valence-corrected chi connectivity index (χ4v) is 3.58. The van der Waals surface area contributed by atoms with Crippen molar-refractivity contribution in [2.24, 2.45) is 0 Å². The molecule has 0 aliphatic carbocycles. The second-order valence-electron chi connectivity index (χ2n) is 4.33. The van der Waals surface area contributed by atoms with Crippen molar-refractivity contribution in [1.82, 2.24) is 10.1 Å². The smallest absolute Gasteiger partial charge is 0.316 e. The summed E-state index contributed by atoms with van der Waals surface area (Å²) in [7, 11) is 0. The van der Waals surface area contributed by atoms with E-state index in [-0.39, 0.29) is 18.3 Å². The van der Waals surface area contributed by atoms with Crippen molar-refractivity contribution in [1.29, 1.82) is 0 Å². The minimum absolute atomic E-state index is 0.135. The lowest BCUT2D eigenvalue weighted by Crippen LogP contribution is -2.07. The number of aryl methyl sites for hydroxylation is 1. The summed E-state index contributed by atoms with van der Waals surface area (Å²) in [6, 6.07) is 9.64. The molecule has 0 aliphatic rings. The molecule has 0 amide bonds. The third kappa shape index (κ3) is 3.62. The first-order chi connectivity index (χ1) is 10.2. The van der Waals surface area contributed by atoms with Gasteiger partial charge in [-0.3, -0.25) is 4.79 Å². The average Bonchev–Trinajstić information content (AvgIpc) is 3.08. The van der Waals surface area contributed by atoms with Crippen molar-refractivity contribution < 1.29 is 14.1 Å². The van der Waals surface area contributed by atoms with Gasteiger partial charge in [0.1, 0.15) is 18.1 Å². The summed E-state index contributed by atoms with van der Waals surface area (Å²) in [5.41, 5.74) is 1.57. The fraction of sp³-hybridized carbons (Fsp3) is 0.214. The highest BCUT2D eigenvalue weighted by atomic mass is 32.2. The number of ether oxygens (including phenoxy) is 1. The van der Waals surface area contributed by atoms with E-state index in [1.165, 1.54) is 11.8 Å². The van der Waals surface area contributed by atoms with Gasteiger partial charge in [0.2, 0.25) is 0 Å². The topological polar surface area (TPSA) is 65.2 Å². The summed E-state index contributed by atoms with van der Waals surface area (Å²) < 4.78 is 12.0. The van der Waals surface area contributed by atoms with Crippen LogP contribution < -0.4 is 0 Å². The van der Waals surface area contributed by atoms with Crippen LogP contribution in [-0.2, 0) is 16.1 Å². The van der Waals surface area contributed by atoms with E-state index in [2.05, 4.69) is 10.1 Å². The lowest BCUT2D eigenvalue weighted by Gasteiger charge is -2.00. The van der Waals surface area contributed by atoms with E-state index < -0.39 is 0 Å². The normalized spacial score (nSPS) is 10.9.